The first-order valence-electron chi connectivity index (χ1n) is 11.0. The normalized spacial score (nSPS) is 14.6. The molecule has 0 unspecified atom stereocenters. The van der Waals surface area contributed by atoms with Crippen molar-refractivity contribution in [2.45, 2.75) is 6.54 Å². The Labute approximate surface area is 207 Å². The van der Waals surface area contributed by atoms with Crippen LogP contribution in [0.15, 0.2) is 70.9 Å². The number of nitrogens with zero attached hydrogens (tertiary/aromatic N) is 1. The number of ether oxygens (including phenoxy) is 4. The largest absolute Gasteiger partial charge is 0.497 e. The monoisotopic (exact) mass is 492 g/mol. The molecule has 10 heteroatoms. The minimum absolute atomic E-state index is 0.100. The molecule has 2 heterocycles. The van der Waals surface area contributed by atoms with E-state index in [1.807, 2.05) is 0 Å². The maximum atomic E-state index is 12.9. The predicted octanol–water partition coefficient (Wildman–Crippen LogP) is 3.42. The molecule has 1 fully saturated rings. The van der Waals surface area contributed by atoms with Crippen molar-refractivity contribution in [2.24, 2.45) is 0 Å². The summed E-state index contributed by atoms with van der Waals surface area (Å²) in [4.78, 5) is 38.3. The van der Waals surface area contributed by atoms with Crippen molar-refractivity contribution in [3.8, 4) is 23.0 Å². The molecule has 0 spiro atoms. The number of methoxy groups -OCH3 is 2. The molecule has 10 nitrogen and oxygen atoms in total. The number of nitrogens with one attached hydrogen (secondary N) is 1. The highest BCUT2D eigenvalue weighted by Crippen LogP contribution is 2.29. The molecule has 1 saturated heterocycles. The third kappa shape index (κ3) is 5.66. The number of rotatable bonds is 10. The molecule has 36 heavy (non-hydrogen) atoms. The molecule has 3 aromatic rings. The van der Waals surface area contributed by atoms with Crippen LogP contribution in [0.25, 0.3) is 6.08 Å². The Kier molecular flexibility index (Phi) is 7.54. The Balaban J connectivity index is 1.41. The molecular weight excluding hydrogens is 468 g/mol. The van der Waals surface area contributed by atoms with Crippen molar-refractivity contribution >= 4 is 23.9 Å². The van der Waals surface area contributed by atoms with E-state index in [0.29, 0.717) is 35.2 Å². The van der Waals surface area contributed by atoms with Crippen LogP contribution in [-0.2, 0) is 16.1 Å². The van der Waals surface area contributed by atoms with Crippen LogP contribution in [0.5, 0.6) is 23.0 Å². The SMILES string of the molecule is COc1ccc(OCCOc2ccc(C=C3C(=O)NC(=O)N(Cc4ccco4)C3=O)cc2OC)cc1. The zero-order valence-electron chi connectivity index (χ0n) is 19.7. The summed E-state index contributed by atoms with van der Waals surface area (Å²) in [5.41, 5.74) is 0.323. The molecule has 4 amide bonds. The molecule has 0 bridgehead atoms. The van der Waals surface area contributed by atoms with Crippen LogP contribution in [0.2, 0.25) is 0 Å². The quantitative estimate of drug-likeness (QED) is 0.260. The lowest BCUT2D eigenvalue weighted by Crippen LogP contribution is -2.53. The van der Waals surface area contributed by atoms with Crippen molar-refractivity contribution < 1.29 is 37.7 Å². The first kappa shape index (κ1) is 24.4. The number of imide groups is 2. The van der Waals surface area contributed by atoms with E-state index < -0.39 is 17.8 Å². The van der Waals surface area contributed by atoms with Crippen molar-refractivity contribution in [1.82, 2.24) is 10.2 Å². The van der Waals surface area contributed by atoms with Crippen molar-refractivity contribution in [2.75, 3.05) is 27.4 Å². The molecule has 0 aliphatic carbocycles. The second-order valence-electron chi connectivity index (χ2n) is 7.57. The van der Waals surface area contributed by atoms with Gasteiger partial charge in [0.05, 0.1) is 27.0 Å². The molecule has 1 aliphatic heterocycles. The number of carbonyl (C=O) groups is 3. The van der Waals surface area contributed by atoms with Gasteiger partial charge in [0.15, 0.2) is 11.5 Å². The van der Waals surface area contributed by atoms with Crippen LogP contribution in [0.1, 0.15) is 11.3 Å². The van der Waals surface area contributed by atoms with Gasteiger partial charge in [0.2, 0.25) is 0 Å². The van der Waals surface area contributed by atoms with E-state index >= 15 is 0 Å². The van der Waals surface area contributed by atoms with Crippen molar-refractivity contribution in [1.29, 1.82) is 0 Å². The van der Waals surface area contributed by atoms with Gasteiger partial charge in [-0.05, 0) is 60.2 Å². The summed E-state index contributed by atoms with van der Waals surface area (Å²) in [5.74, 6) is 1.19. The zero-order valence-corrected chi connectivity index (χ0v) is 19.7. The maximum absolute atomic E-state index is 12.9. The average molecular weight is 492 g/mol. The highest BCUT2D eigenvalue weighted by molar-refractivity contribution is 6.30. The molecule has 4 rings (SSSR count). The topological polar surface area (TPSA) is 117 Å². The number of amides is 4. The van der Waals surface area contributed by atoms with E-state index in [4.69, 9.17) is 23.4 Å². The van der Waals surface area contributed by atoms with Crippen LogP contribution in [0.3, 0.4) is 0 Å². The number of hydrogen-bond donors (Lipinski definition) is 1. The fraction of sp³-hybridized carbons (Fsp3) is 0.192. The van der Waals surface area contributed by atoms with Crippen molar-refractivity contribution in [3.63, 3.8) is 0 Å². The molecule has 0 atom stereocenters. The minimum Gasteiger partial charge on any atom is -0.497 e. The van der Waals surface area contributed by atoms with E-state index in [9.17, 15) is 14.4 Å². The number of carbonyl (C=O) groups excluding carboxylic acids is 3. The first-order chi connectivity index (χ1) is 17.5. The van der Waals surface area contributed by atoms with Gasteiger partial charge < -0.3 is 23.4 Å². The maximum Gasteiger partial charge on any atom is 0.331 e. The van der Waals surface area contributed by atoms with Crippen molar-refractivity contribution in [3.05, 3.63) is 77.8 Å². The number of hydrogen-bond acceptors (Lipinski definition) is 8. The van der Waals surface area contributed by atoms with Crippen LogP contribution in [0, 0.1) is 0 Å². The minimum atomic E-state index is -0.809. The van der Waals surface area contributed by atoms with Crippen LogP contribution >= 0.6 is 0 Å². The lowest BCUT2D eigenvalue weighted by Gasteiger charge is -2.25. The van der Waals surface area contributed by atoms with Gasteiger partial charge in [0, 0.05) is 0 Å². The van der Waals surface area contributed by atoms with Gasteiger partial charge in [0.1, 0.15) is 36.0 Å². The number of furan rings is 1. The molecule has 186 valence electrons. The van der Waals surface area contributed by atoms with E-state index in [0.717, 1.165) is 10.6 Å². The molecule has 1 N–H and O–H groups in total. The standard InChI is InChI=1S/C26H24N2O8/c1-32-18-6-8-19(9-7-18)35-12-13-36-22-10-5-17(15-23(22)33-2)14-21-24(29)27-26(31)28(25(21)30)16-20-4-3-11-34-20/h3-11,14-15H,12-13,16H2,1-2H3,(H,27,29,31). The fourth-order valence-corrected chi connectivity index (χ4v) is 3.44. The number of benzene rings is 2. The molecule has 2 aromatic carbocycles. The predicted molar refractivity (Wildman–Crippen MR) is 128 cm³/mol. The Bertz CT molecular complexity index is 1270. The van der Waals surface area contributed by atoms with Gasteiger partial charge in [-0.3, -0.25) is 19.8 Å². The lowest BCUT2D eigenvalue weighted by atomic mass is 10.1. The second kappa shape index (κ2) is 11.1. The molecular formula is C26H24N2O8. The average Bonchev–Trinajstić information content (AvgIpc) is 3.41. The highest BCUT2D eigenvalue weighted by Gasteiger charge is 2.36. The van der Waals surface area contributed by atoms with Gasteiger partial charge in [-0.25, -0.2) is 4.79 Å². The third-order valence-corrected chi connectivity index (χ3v) is 5.25. The third-order valence-electron chi connectivity index (χ3n) is 5.25. The zero-order chi connectivity index (χ0) is 25.5. The summed E-state index contributed by atoms with van der Waals surface area (Å²) >= 11 is 0. The Morgan fingerprint density at radius 3 is 2.33 bits per heavy atom. The van der Waals surface area contributed by atoms with Gasteiger partial charge >= 0.3 is 6.03 Å². The van der Waals surface area contributed by atoms with E-state index in [1.165, 1.54) is 19.4 Å². The summed E-state index contributed by atoms with van der Waals surface area (Å²) in [6.45, 7) is 0.458. The number of urea groups is 1. The summed E-state index contributed by atoms with van der Waals surface area (Å²) in [7, 11) is 3.08. The van der Waals surface area contributed by atoms with Crippen LogP contribution in [-0.4, -0.2) is 50.2 Å². The van der Waals surface area contributed by atoms with Gasteiger partial charge in [-0.2, -0.15) is 0 Å². The summed E-state index contributed by atoms with van der Waals surface area (Å²) in [5, 5.41) is 2.18. The lowest BCUT2D eigenvalue weighted by molar-refractivity contribution is -0.130. The summed E-state index contributed by atoms with van der Waals surface area (Å²) in [6.07, 6.45) is 2.82. The van der Waals surface area contributed by atoms with Gasteiger partial charge in [0.25, 0.3) is 11.8 Å². The number of barbiturate groups is 1. The Morgan fingerprint density at radius 2 is 1.64 bits per heavy atom. The van der Waals surface area contributed by atoms with E-state index in [1.54, 1.807) is 61.7 Å². The molecule has 0 radical (unpaired) electrons. The summed E-state index contributed by atoms with van der Waals surface area (Å²) < 4.78 is 27.2. The van der Waals surface area contributed by atoms with Gasteiger partial charge in [-0.1, -0.05) is 6.07 Å². The highest BCUT2D eigenvalue weighted by atomic mass is 16.5. The second-order valence-corrected chi connectivity index (χ2v) is 7.57. The molecule has 0 saturated carbocycles. The summed E-state index contributed by atoms with van der Waals surface area (Å²) in [6, 6.07) is 14.6. The Morgan fingerprint density at radius 1 is 0.889 bits per heavy atom. The molecule has 1 aromatic heterocycles. The van der Waals surface area contributed by atoms with Crippen LogP contribution < -0.4 is 24.3 Å². The molecule has 1 aliphatic rings. The first-order valence-corrected chi connectivity index (χ1v) is 11.0. The van der Waals surface area contributed by atoms with E-state index in [2.05, 4.69) is 5.32 Å². The van der Waals surface area contributed by atoms with Gasteiger partial charge in [-0.15, -0.1) is 0 Å². The Hall–Kier alpha value is -4.73. The smallest absolute Gasteiger partial charge is 0.331 e. The van der Waals surface area contributed by atoms with E-state index in [-0.39, 0.29) is 18.7 Å². The van der Waals surface area contributed by atoms with Crippen LogP contribution in [0.4, 0.5) is 4.79 Å². The fourth-order valence-electron chi connectivity index (χ4n) is 3.44.